The fraction of sp³-hybridized carbons (Fsp3) is 0.429. The van der Waals surface area contributed by atoms with E-state index in [1.165, 1.54) is 6.07 Å². The van der Waals surface area contributed by atoms with Crippen LogP contribution >= 0.6 is 0 Å². The van der Waals surface area contributed by atoms with Crippen molar-refractivity contribution in [2.24, 2.45) is 5.41 Å². The highest BCUT2D eigenvalue weighted by molar-refractivity contribution is 5.69. The Kier molecular flexibility index (Phi) is 4.25. The lowest BCUT2D eigenvalue weighted by Crippen LogP contribution is -2.10. The average molecular weight is 222 g/mol. The molecule has 1 aromatic rings. The van der Waals surface area contributed by atoms with Crippen LogP contribution in [0.3, 0.4) is 0 Å². The SMILES string of the molecule is CC(C)(C)C(=CCCO)c1ccccc1F. The highest BCUT2D eigenvalue weighted by Crippen LogP contribution is 2.35. The molecule has 0 saturated carbocycles. The van der Waals surface area contributed by atoms with E-state index in [2.05, 4.69) is 0 Å². The third kappa shape index (κ3) is 3.17. The number of aliphatic hydroxyl groups is 1. The van der Waals surface area contributed by atoms with Crippen LogP contribution in [0.15, 0.2) is 30.3 Å². The Labute approximate surface area is 96.6 Å². The lowest BCUT2D eigenvalue weighted by molar-refractivity contribution is 0.302. The summed E-state index contributed by atoms with van der Waals surface area (Å²) in [5.74, 6) is -0.207. The molecule has 1 nitrogen and oxygen atoms in total. The van der Waals surface area contributed by atoms with Crippen molar-refractivity contribution in [3.63, 3.8) is 0 Å². The van der Waals surface area contributed by atoms with E-state index in [9.17, 15) is 4.39 Å². The van der Waals surface area contributed by atoms with Gasteiger partial charge < -0.3 is 5.11 Å². The quantitative estimate of drug-likeness (QED) is 0.827. The largest absolute Gasteiger partial charge is 0.396 e. The van der Waals surface area contributed by atoms with Crippen LogP contribution in [0.4, 0.5) is 4.39 Å². The zero-order valence-electron chi connectivity index (χ0n) is 10.1. The van der Waals surface area contributed by atoms with Gasteiger partial charge in [0.2, 0.25) is 0 Å². The van der Waals surface area contributed by atoms with Crippen molar-refractivity contribution < 1.29 is 9.50 Å². The molecule has 0 aliphatic rings. The lowest BCUT2D eigenvalue weighted by Gasteiger charge is -2.24. The Morgan fingerprint density at radius 3 is 2.44 bits per heavy atom. The van der Waals surface area contributed by atoms with Crippen molar-refractivity contribution in [3.8, 4) is 0 Å². The molecule has 0 radical (unpaired) electrons. The highest BCUT2D eigenvalue weighted by Gasteiger charge is 2.20. The second-order valence-corrected chi connectivity index (χ2v) is 4.86. The van der Waals surface area contributed by atoms with Gasteiger partial charge >= 0.3 is 0 Å². The van der Waals surface area contributed by atoms with Crippen LogP contribution in [-0.4, -0.2) is 11.7 Å². The van der Waals surface area contributed by atoms with Crippen LogP contribution < -0.4 is 0 Å². The van der Waals surface area contributed by atoms with Gasteiger partial charge in [0.1, 0.15) is 5.82 Å². The fourth-order valence-electron chi connectivity index (χ4n) is 1.71. The summed E-state index contributed by atoms with van der Waals surface area (Å²) in [7, 11) is 0. The molecular formula is C14H19FO. The predicted molar refractivity (Wildman–Crippen MR) is 65.5 cm³/mol. The molecule has 0 aliphatic heterocycles. The van der Waals surface area contributed by atoms with Gasteiger partial charge in [-0.05, 0) is 23.5 Å². The molecule has 0 aliphatic carbocycles. The van der Waals surface area contributed by atoms with E-state index in [4.69, 9.17) is 5.11 Å². The molecular weight excluding hydrogens is 203 g/mol. The smallest absolute Gasteiger partial charge is 0.130 e. The minimum absolute atomic E-state index is 0.0913. The molecule has 2 heteroatoms. The number of hydrogen-bond acceptors (Lipinski definition) is 1. The number of benzene rings is 1. The van der Waals surface area contributed by atoms with Gasteiger partial charge in [-0.25, -0.2) is 4.39 Å². The van der Waals surface area contributed by atoms with Crippen molar-refractivity contribution in [2.45, 2.75) is 27.2 Å². The van der Waals surface area contributed by atoms with Gasteiger partial charge in [-0.15, -0.1) is 0 Å². The number of aliphatic hydroxyl groups excluding tert-OH is 1. The third-order valence-electron chi connectivity index (χ3n) is 2.45. The average Bonchev–Trinajstić information content (AvgIpc) is 2.19. The molecule has 0 heterocycles. The van der Waals surface area contributed by atoms with E-state index in [1.54, 1.807) is 12.1 Å². The predicted octanol–water partition coefficient (Wildman–Crippen LogP) is 3.64. The van der Waals surface area contributed by atoms with Crippen LogP contribution in [0.25, 0.3) is 5.57 Å². The monoisotopic (exact) mass is 222 g/mol. The Balaban J connectivity index is 3.17. The van der Waals surface area contributed by atoms with Crippen LogP contribution in [0.1, 0.15) is 32.8 Å². The first kappa shape index (κ1) is 12.9. The summed E-state index contributed by atoms with van der Waals surface area (Å²) in [6, 6.07) is 6.76. The molecule has 0 unspecified atom stereocenters. The van der Waals surface area contributed by atoms with Gasteiger partial charge in [-0.2, -0.15) is 0 Å². The third-order valence-corrected chi connectivity index (χ3v) is 2.45. The Morgan fingerprint density at radius 1 is 1.31 bits per heavy atom. The molecule has 88 valence electrons. The summed E-state index contributed by atoms with van der Waals surface area (Å²) in [6.45, 7) is 6.22. The Bertz CT molecular complexity index is 375. The first-order chi connectivity index (χ1) is 7.46. The van der Waals surface area contributed by atoms with Gasteiger partial charge in [0, 0.05) is 12.2 Å². The molecule has 0 aromatic heterocycles. The summed E-state index contributed by atoms with van der Waals surface area (Å²) >= 11 is 0. The number of allylic oxidation sites excluding steroid dienone is 1. The molecule has 0 amide bonds. The maximum absolute atomic E-state index is 13.7. The van der Waals surface area contributed by atoms with Gasteiger partial charge in [0.25, 0.3) is 0 Å². The first-order valence-corrected chi connectivity index (χ1v) is 5.53. The van der Waals surface area contributed by atoms with Crippen molar-refractivity contribution >= 4 is 5.57 Å². The number of rotatable bonds is 3. The number of hydrogen-bond donors (Lipinski definition) is 1. The van der Waals surface area contributed by atoms with Crippen LogP contribution in [-0.2, 0) is 0 Å². The van der Waals surface area contributed by atoms with Crippen molar-refractivity contribution in [1.82, 2.24) is 0 Å². The summed E-state index contributed by atoms with van der Waals surface area (Å²) < 4.78 is 13.7. The van der Waals surface area contributed by atoms with Crippen LogP contribution in [0.5, 0.6) is 0 Å². The van der Waals surface area contributed by atoms with E-state index >= 15 is 0 Å². The van der Waals surface area contributed by atoms with E-state index in [1.807, 2.05) is 32.9 Å². The van der Waals surface area contributed by atoms with E-state index in [0.717, 1.165) is 5.57 Å². The minimum atomic E-state index is -0.207. The van der Waals surface area contributed by atoms with Crippen molar-refractivity contribution in [2.75, 3.05) is 6.61 Å². The molecule has 1 aromatic carbocycles. The summed E-state index contributed by atoms with van der Waals surface area (Å²) in [5.41, 5.74) is 1.44. The molecule has 0 atom stereocenters. The van der Waals surface area contributed by atoms with Crippen molar-refractivity contribution in [3.05, 3.63) is 41.7 Å². The topological polar surface area (TPSA) is 20.2 Å². The Morgan fingerprint density at radius 2 is 1.94 bits per heavy atom. The van der Waals surface area contributed by atoms with Gasteiger partial charge in [-0.1, -0.05) is 45.0 Å². The summed E-state index contributed by atoms with van der Waals surface area (Å²) in [4.78, 5) is 0. The Hall–Kier alpha value is -1.15. The second kappa shape index (κ2) is 5.26. The molecule has 0 spiro atoms. The van der Waals surface area contributed by atoms with Crippen LogP contribution in [0, 0.1) is 11.2 Å². The van der Waals surface area contributed by atoms with Gasteiger partial charge in [0.05, 0.1) is 0 Å². The molecule has 1 rings (SSSR count). The number of halogens is 1. The first-order valence-electron chi connectivity index (χ1n) is 5.53. The fourth-order valence-corrected chi connectivity index (χ4v) is 1.71. The van der Waals surface area contributed by atoms with Gasteiger partial charge in [0.15, 0.2) is 0 Å². The molecule has 16 heavy (non-hydrogen) atoms. The van der Waals surface area contributed by atoms with E-state index in [0.29, 0.717) is 12.0 Å². The molecule has 0 saturated heterocycles. The molecule has 0 bridgehead atoms. The molecule has 0 fully saturated rings. The van der Waals surface area contributed by atoms with Crippen molar-refractivity contribution in [1.29, 1.82) is 0 Å². The summed E-state index contributed by atoms with van der Waals surface area (Å²) in [5, 5.41) is 8.86. The summed E-state index contributed by atoms with van der Waals surface area (Å²) in [6.07, 6.45) is 2.47. The lowest BCUT2D eigenvalue weighted by atomic mass is 9.81. The van der Waals surface area contributed by atoms with E-state index < -0.39 is 0 Å². The second-order valence-electron chi connectivity index (χ2n) is 4.86. The standard InChI is InChI=1S/C14H19FO/c1-14(2,3)12(8-6-10-16)11-7-4-5-9-13(11)15/h4-5,7-9,16H,6,10H2,1-3H3. The maximum Gasteiger partial charge on any atom is 0.130 e. The normalized spacial score (nSPS) is 12.9. The minimum Gasteiger partial charge on any atom is -0.396 e. The zero-order chi connectivity index (χ0) is 12.2. The highest BCUT2D eigenvalue weighted by atomic mass is 19.1. The van der Waals surface area contributed by atoms with E-state index in [-0.39, 0.29) is 17.8 Å². The van der Waals surface area contributed by atoms with Crippen LogP contribution in [0.2, 0.25) is 0 Å². The zero-order valence-corrected chi connectivity index (χ0v) is 10.1. The molecule has 1 N–H and O–H groups in total. The van der Waals surface area contributed by atoms with Gasteiger partial charge in [-0.3, -0.25) is 0 Å². The maximum atomic E-state index is 13.7.